The van der Waals surface area contributed by atoms with Crippen LogP contribution in [-0.4, -0.2) is 136 Å². The summed E-state index contributed by atoms with van der Waals surface area (Å²) in [4.78, 5) is 75.6. The number of thioether (sulfide) groups is 1. The number of ether oxygens (including phenoxy) is 1. The van der Waals surface area contributed by atoms with Gasteiger partial charge in [0.15, 0.2) is 23.7 Å². The van der Waals surface area contributed by atoms with Gasteiger partial charge >= 0.3 is 23.5 Å². The van der Waals surface area contributed by atoms with Crippen LogP contribution in [0, 0.1) is 10.8 Å². The van der Waals surface area contributed by atoms with E-state index >= 15 is 0 Å². The fourth-order valence-corrected chi connectivity index (χ4v) is 8.54. The minimum atomic E-state index is -5.56. The average Bonchev–Trinajstić information content (AvgIpc) is 3.65. The van der Waals surface area contributed by atoms with Crippen molar-refractivity contribution in [3.05, 3.63) is 12.7 Å². The number of nitrogens with zero attached hydrogens (tertiary/aromatic N) is 4. The smallest absolute Gasteiger partial charge is 0.386 e. The molecule has 3 rings (SSSR count). The SMILES string of the molecule is CC(C)(COP(=O)(O)OP(=O)(O)OC[C@@H]1O[C@H](n2cnc3c(N)ncnc32)[C@@H](O)[C@H]1OP(=O)(O)O)C(O)C(=O)NCCC(=O)NCCSCCCCNC(=N)N. The van der Waals surface area contributed by atoms with Gasteiger partial charge in [0.25, 0.3) is 0 Å². The highest BCUT2D eigenvalue weighted by molar-refractivity contribution is 7.99. The van der Waals surface area contributed by atoms with Crippen LogP contribution in [-0.2, 0) is 45.9 Å². The van der Waals surface area contributed by atoms with Crippen molar-refractivity contribution in [2.75, 3.05) is 50.1 Å². The molecule has 0 radical (unpaired) electrons. The lowest BCUT2D eigenvalue weighted by atomic mass is 9.87. The number of nitrogen functional groups attached to an aromatic ring is 1. The van der Waals surface area contributed by atoms with Crippen molar-refractivity contribution in [2.24, 2.45) is 11.1 Å². The number of phosphoric ester groups is 3. The van der Waals surface area contributed by atoms with E-state index in [-0.39, 0.29) is 41.8 Å². The number of nitrogens with one attached hydrogen (secondary N) is 4. The maximum Gasteiger partial charge on any atom is 0.481 e. The molecule has 26 nitrogen and oxygen atoms in total. The number of imidazole rings is 1. The van der Waals surface area contributed by atoms with E-state index in [4.69, 9.17) is 30.7 Å². The van der Waals surface area contributed by atoms with Crippen LogP contribution in [0.2, 0.25) is 0 Å². The van der Waals surface area contributed by atoms with E-state index in [9.17, 15) is 53.1 Å². The van der Waals surface area contributed by atoms with Crippen LogP contribution in [0.1, 0.15) is 39.3 Å². The summed E-state index contributed by atoms with van der Waals surface area (Å²) in [6, 6.07) is 0. The number of anilines is 1. The Hall–Kier alpha value is -2.84. The number of phosphoric acid groups is 3. The van der Waals surface area contributed by atoms with Crippen LogP contribution in [0.3, 0.4) is 0 Å². The van der Waals surface area contributed by atoms with Crippen molar-refractivity contribution >= 4 is 70.0 Å². The predicted molar refractivity (Wildman–Crippen MR) is 196 cm³/mol. The van der Waals surface area contributed by atoms with Crippen LogP contribution in [0.25, 0.3) is 11.2 Å². The van der Waals surface area contributed by atoms with Gasteiger partial charge in [-0.25, -0.2) is 28.6 Å². The third kappa shape index (κ3) is 15.2. The molecule has 2 amide bonds. The number of amides is 2. The number of fused-ring (bicyclic) bond motifs is 1. The maximum atomic E-state index is 12.7. The van der Waals surface area contributed by atoms with Gasteiger partial charge < -0.3 is 61.9 Å². The summed E-state index contributed by atoms with van der Waals surface area (Å²) in [5.41, 5.74) is 9.49. The first-order chi connectivity index (χ1) is 26.0. The number of nitrogens with two attached hydrogens (primary N) is 2. The Morgan fingerprint density at radius 3 is 2.41 bits per heavy atom. The molecule has 2 aromatic rings. The summed E-state index contributed by atoms with van der Waals surface area (Å²) in [5, 5.41) is 36.3. The van der Waals surface area contributed by atoms with Crippen LogP contribution < -0.4 is 27.4 Å². The zero-order chi connectivity index (χ0) is 41.9. The van der Waals surface area contributed by atoms with Gasteiger partial charge in [-0.05, 0) is 18.6 Å². The van der Waals surface area contributed by atoms with E-state index in [1.807, 2.05) is 0 Å². The van der Waals surface area contributed by atoms with E-state index in [1.165, 1.54) is 13.8 Å². The first-order valence-corrected chi connectivity index (χ1v) is 22.2. The fraction of sp³-hybridized carbons (Fsp3) is 0.692. The third-order valence-electron chi connectivity index (χ3n) is 7.68. The molecular formula is C26H47N10O16P3S. The molecule has 0 spiro atoms. The highest BCUT2D eigenvalue weighted by atomic mass is 32.2. The molecule has 318 valence electrons. The Labute approximate surface area is 323 Å². The molecule has 56 heavy (non-hydrogen) atoms. The average molecular weight is 881 g/mol. The third-order valence-corrected chi connectivity index (χ3v) is 11.8. The first kappa shape index (κ1) is 47.5. The van der Waals surface area contributed by atoms with Gasteiger partial charge in [-0.2, -0.15) is 16.1 Å². The van der Waals surface area contributed by atoms with E-state index in [0.29, 0.717) is 18.8 Å². The molecule has 0 bridgehead atoms. The van der Waals surface area contributed by atoms with Gasteiger partial charge in [-0.1, -0.05) is 13.8 Å². The van der Waals surface area contributed by atoms with E-state index < -0.39 is 78.6 Å². The standard InChI is InChI=1S/C26H47N10O16P3S/c1-26(2,20(39)23(40)31-7-5-16(37)30-8-10-56-9-4-3-6-32-25(28)29)12-49-55(46,47)52-54(44,45)48-11-15-19(51-53(41,42)43)18(38)24(50-15)36-14-35-17-21(27)33-13-34-22(17)36/h13-15,18-20,24,38-39H,3-12H2,1-2H3,(H,30,37)(H,31,40)(H,44,45)(H,46,47)(H2,27,33,34)(H4,28,29,32)(H2,41,42,43)/t15-,18-,19-,20?,24-/m0/s1. The summed E-state index contributed by atoms with van der Waals surface area (Å²) < 4.78 is 62.1. The van der Waals surface area contributed by atoms with Crippen molar-refractivity contribution in [3.8, 4) is 0 Å². The molecule has 1 saturated heterocycles. The Morgan fingerprint density at radius 1 is 1.04 bits per heavy atom. The lowest BCUT2D eigenvalue weighted by Crippen LogP contribution is -2.46. The number of aliphatic hydroxyl groups excluding tert-OH is 2. The summed E-state index contributed by atoms with van der Waals surface area (Å²) in [6.07, 6.45) is -5.05. The molecule has 0 aromatic carbocycles. The number of carbonyl (C=O) groups is 2. The van der Waals surface area contributed by atoms with E-state index in [1.54, 1.807) is 11.8 Å². The second kappa shape index (κ2) is 20.7. The highest BCUT2D eigenvalue weighted by Crippen LogP contribution is 2.61. The normalized spacial score (nSPS) is 21.6. The number of hydrogen-bond acceptors (Lipinski definition) is 18. The number of guanidine groups is 1. The summed E-state index contributed by atoms with van der Waals surface area (Å²) >= 11 is 1.63. The van der Waals surface area contributed by atoms with Gasteiger partial charge in [0.2, 0.25) is 11.8 Å². The van der Waals surface area contributed by atoms with Crippen LogP contribution in [0.15, 0.2) is 12.7 Å². The van der Waals surface area contributed by atoms with Crippen LogP contribution in [0.4, 0.5) is 5.82 Å². The zero-order valence-corrected chi connectivity index (χ0v) is 33.6. The molecule has 0 saturated carbocycles. The molecule has 1 aliphatic heterocycles. The molecule has 0 aliphatic carbocycles. The molecule has 7 atom stereocenters. The molecule has 30 heteroatoms. The Morgan fingerprint density at radius 2 is 1.73 bits per heavy atom. The number of carbonyl (C=O) groups excluding carboxylic acids is 2. The van der Waals surface area contributed by atoms with Gasteiger partial charge in [0, 0.05) is 37.2 Å². The highest BCUT2D eigenvalue weighted by Gasteiger charge is 2.50. The molecule has 3 unspecified atom stereocenters. The Bertz CT molecular complexity index is 1800. The number of aliphatic hydroxyl groups is 2. The van der Waals surface area contributed by atoms with Crippen molar-refractivity contribution < 1.29 is 75.7 Å². The number of aromatic nitrogens is 4. The molecule has 2 aromatic heterocycles. The van der Waals surface area contributed by atoms with Crippen molar-refractivity contribution in [2.45, 2.75) is 63.8 Å². The monoisotopic (exact) mass is 880 g/mol. The number of hydrogen-bond donors (Lipinski definition) is 12. The summed E-state index contributed by atoms with van der Waals surface area (Å²) in [7, 11) is -16.4. The molecule has 1 fully saturated rings. The van der Waals surface area contributed by atoms with Crippen molar-refractivity contribution in [1.29, 1.82) is 5.41 Å². The number of rotatable bonds is 24. The second-order valence-electron chi connectivity index (χ2n) is 12.7. The fourth-order valence-electron chi connectivity index (χ4n) is 4.86. The van der Waals surface area contributed by atoms with E-state index in [0.717, 1.165) is 35.8 Å². The summed E-state index contributed by atoms with van der Waals surface area (Å²) in [5.74, 6) is 0.0977. The summed E-state index contributed by atoms with van der Waals surface area (Å²) in [6.45, 7) is 1.39. The molecule has 1 aliphatic rings. The van der Waals surface area contributed by atoms with E-state index in [2.05, 4.69) is 39.7 Å². The van der Waals surface area contributed by atoms with Crippen LogP contribution in [0.5, 0.6) is 0 Å². The number of unbranched alkanes of at least 4 members (excludes halogenated alkanes) is 1. The van der Waals surface area contributed by atoms with Gasteiger partial charge in [0.05, 0.1) is 19.5 Å². The second-order valence-corrected chi connectivity index (χ2v) is 18.2. The predicted octanol–water partition coefficient (Wildman–Crippen LogP) is -1.60. The minimum Gasteiger partial charge on any atom is -0.386 e. The first-order valence-electron chi connectivity index (χ1n) is 16.6. The topological polar surface area (TPSA) is 408 Å². The zero-order valence-electron chi connectivity index (χ0n) is 30.1. The Balaban J connectivity index is 1.45. The largest absolute Gasteiger partial charge is 0.481 e. The molecule has 14 N–H and O–H groups in total. The van der Waals surface area contributed by atoms with Gasteiger partial charge in [-0.15, -0.1) is 0 Å². The lowest BCUT2D eigenvalue weighted by molar-refractivity contribution is -0.137. The van der Waals surface area contributed by atoms with Gasteiger partial charge in [0.1, 0.15) is 36.3 Å². The molecule has 3 heterocycles. The van der Waals surface area contributed by atoms with Crippen molar-refractivity contribution in [3.63, 3.8) is 0 Å². The quantitative estimate of drug-likeness (QED) is 0.0244. The van der Waals surface area contributed by atoms with Gasteiger partial charge in [-0.3, -0.25) is 33.1 Å². The van der Waals surface area contributed by atoms with Crippen molar-refractivity contribution in [1.82, 2.24) is 35.5 Å². The molecular weight excluding hydrogens is 833 g/mol. The minimum absolute atomic E-state index is 0.0337. The maximum absolute atomic E-state index is 12.7. The Kier molecular flexibility index (Phi) is 17.6. The lowest BCUT2D eigenvalue weighted by Gasteiger charge is -2.30. The van der Waals surface area contributed by atoms with Crippen LogP contribution >= 0.6 is 35.2 Å².